The molecule has 4 rings (SSSR count). The van der Waals surface area contributed by atoms with Gasteiger partial charge >= 0.3 is 6.18 Å². The number of nitrogens with one attached hydrogen (secondary N) is 1. The molecule has 0 bridgehead atoms. The van der Waals surface area contributed by atoms with E-state index in [1.165, 1.54) is 12.1 Å². The van der Waals surface area contributed by atoms with Crippen LogP contribution in [0.5, 0.6) is 0 Å². The summed E-state index contributed by atoms with van der Waals surface area (Å²) < 4.78 is 40.0. The van der Waals surface area contributed by atoms with Crippen molar-refractivity contribution in [3.8, 4) is 0 Å². The fraction of sp³-hybridized carbons (Fsp3) is 0.483. The smallest absolute Gasteiger partial charge is 0.352 e. The second-order valence-corrected chi connectivity index (χ2v) is 10.8. The highest BCUT2D eigenvalue weighted by molar-refractivity contribution is 6.46. The predicted octanol–water partition coefficient (Wildman–Crippen LogP) is 6.02. The quantitative estimate of drug-likeness (QED) is 0.493. The zero-order valence-electron chi connectivity index (χ0n) is 21.6. The molecule has 2 aromatic carbocycles. The van der Waals surface area contributed by atoms with Crippen molar-refractivity contribution < 1.29 is 22.8 Å². The van der Waals surface area contributed by atoms with E-state index in [0.29, 0.717) is 37.9 Å². The van der Waals surface area contributed by atoms with Crippen molar-refractivity contribution >= 4 is 17.5 Å². The van der Waals surface area contributed by atoms with Gasteiger partial charge in [0, 0.05) is 24.2 Å². The maximum Gasteiger partial charge on any atom is 0.416 e. The lowest BCUT2D eigenvalue weighted by molar-refractivity contribution is -0.137. The highest BCUT2D eigenvalue weighted by Crippen LogP contribution is 2.46. The summed E-state index contributed by atoms with van der Waals surface area (Å²) in [6.07, 6.45) is 0.00525. The molecule has 2 aromatic rings. The lowest BCUT2D eigenvalue weighted by Gasteiger charge is -2.44. The average Bonchev–Trinajstić information content (AvgIpc) is 3.14. The Balaban J connectivity index is 1.56. The van der Waals surface area contributed by atoms with Gasteiger partial charge in [-0.3, -0.25) is 14.6 Å². The van der Waals surface area contributed by atoms with E-state index in [9.17, 15) is 22.8 Å². The molecular weight excluding hydrogens is 479 g/mol. The Bertz CT molecular complexity index is 1180. The van der Waals surface area contributed by atoms with Gasteiger partial charge in [0.25, 0.3) is 11.8 Å². The standard InChI is InChI=1S/C29H34F3N3O2/c1-4-17-33-25(36)21-10-8-20(9-11-21)12-18-35-26(37)24(22-6-5-7-23(19-22)29(30,31)32)34-28(35)15-13-27(2,3)14-16-28/h5-11,19H,4,12-18H2,1-3H3,(H,33,36). The second kappa shape index (κ2) is 10.3. The number of aliphatic imine (C=N–C) groups is 1. The third-order valence-corrected chi connectivity index (χ3v) is 7.51. The largest absolute Gasteiger partial charge is 0.416 e. The van der Waals surface area contributed by atoms with E-state index < -0.39 is 17.4 Å². The molecule has 0 atom stereocenters. The van der Waals surface area contributed by atoms with Crippen LogP contribution >= 0.6 is 0 Å². The lowest BCUT2D eigenvalue weighted by atomic mass is 9.72. The molecule has 1 saturated carbocycles. The summed E-state index contributed by atoms with van der Waals surface area (Å²) in [4.78, 5) is 32.4. The zero-order valence-corrected chi connectivity index (χ0v) is 21.6. The SMILES string of the molecule is CCCNC(=O)c1ccc(CCN2C(=O)C(c3cccc(C(F)(F)F)c3)=NC23CCC(C)(C)CC3)cc1. The average molecular weight is 514 g/mol. The van der Waals surface area contributed by atoms with Gasteiger partial charge in [-0.1, -0.05) is 45.0 Å². The first kappa shape index (κ1) is 26.9. The van der Waals surface area contributed by atoms with E-state index in [0.717, 1.165) is 37.0 Å². The van der Waals surface area contributed by atoms with Crippen LogP contribution in [-0.4, -0.2) is 41.2 Å². The molecule has 1 heterocycles. The molecule has 2 amide bonds. The molecule has 0 saturated heterocycles. The molecule has 1 aliphatic heterocycles. The topological polar surface area (TPSA) is 61.8 Å². The Morgan fingerprint density at radius 3 is 2.35 bits per heavy atom. The van der Waals surface area contributed by atoms with Gasteiger partial charge < -0.3 is 10.2 Å². The fourth-order valence-electron chi connectivity index (χ4n) is 5.09. The number of carbonyl (C=O) groups excluding carboxylic acids is 2. The number of hydrogen-bond acceptors (Lipinski definition) is 3. The first-order valence-electron chi connectivity index (χ1n) is 12.9. The van der Waals surface area contributed by atoms with E-state index in [1.807, 2.05) is 19.1 Å². The molecule has 0 aromatic heterocycles. The number of hydrogen-bond donors (Lipinski definition) is 1. The molecular formula is C29H34F3N3O2. The van der Waals surface area contributed by atoms with Gasteiger partial charge in [0.05, 0.1) is 5.56 Å². The summed E-state index contributed by atoms with van der Waals surface area (Å²) >= 11 is 0. The van der Waals surface area contributed by atoms with Crippen LogP contribution in [0.2, 0.25) is 0 Å². The van der Waals surface area contributed by atoms with Crippen molar-refractivity contribution in [2.45, 2.75) is 71.1 Å². The Labute approximate surface area is 216 Å². The third kappa shape index (κ3) is 5.89. The Hall–Kier alpha value is -3.16. The van der Waals surface area contributed by atoms with Crippen molar-refractivity contribution in [1.29, 1.82) is 0 Å². The predicted molar refractivity (Wildman–Crippen MR) is 137 cm³/mol. The fourth-order valence-corrected chi connectivity index (χ4v) is 5.09. The molecule has 1 N–H and O–H groups in total. The number of nitrogens with zero attached hydrogens (tertiary/aromatic N) is 2. The van der Waals surface area contributed by atoms with Gasteiger partial charge in [-0.15, -0.1) is 0 Å². The van der Waals surface area contributed by atoms with Crippen LogP contribution in [0.25, 0.3) is 0 Å². The maximum absolute atomic E-state index is 13.6. The van der Waals surface area contributed by atoms with Crippen LogP contribution in [0.1, 0.15) is 79.9 Å². The molecule has 2 aliphatic rings. The number of benzene rings is 2. The van der Waals surface area contributed by atoms with Crippen LogP contribution in [0.3, 0.4) is 0 Å². The Morgan fingerprint density at radius 2 is 1.73 bits per heavy atom. The lowest BCUT2D eigenvalue weighted by Crippen LogP contribution is -2.50. The van der Waals surface area contributed by atoms with E-state index >= 15 is 0 Å². The minimum Gasteiger partial charge on any atom is -0.352 e. The van der Waals surface area contributed by atoms with E-state index in [2.05, 4.69) is 19.2 Å². The van der Waals surface area contributed by atoms with Crippen LogP contribution in [-0.2, 0) is 17.4 Å². The normalized spacial score (nSPS) is 18.7. The van der Waals surface area contributed by atoms with Crippen LogP contribution in [0.15, 0.2) is 53.5 Å². The molecule has 37 heavy (non-hydrogen) atoms. The summed E-state index contributed by atoms with van der Waals surface area (Å²) in [5.74, 6) is -0.444. The molecule has 5 nitrogen and oxygen atoms in total. The van der Waals surface area contributed by atoms with Crippen molar-refractivity contribution in [3.05, 3.63) is 70.8 Å². The zero-order chi connectivity index (χ0) is 26.8. The number of rotatable bonds is 7. The summed E-state index contributed by atoms with van der Waals surface area (Å²) in [6, 6.07) is 12.2. The van der Waals surface area contributed by atoms with E-state index in [1.54, 1.807) is 17.0 Å². The van der Waals surface area contributed by atoms with Crippen molar-refractivity contribution in [3.63, 3.8) is 0 Å². The summed E-state index contributed by atoms with van der Waals surface area (Å²) in [7, 11) is 0. The van der Waals surface area contributed by atoms with E-state index in [4.69, 9.17) is 4.99 Å². The summed E-state index contributed by atoms with van der Waals surface area (Å²) in [5.41, 5.74) is 0.455. The van der Waals surface area contributed by atoms with Gasteiger partial charge in [-0.05, 0) is 73.8 Å². The van der Waals surface area contributed by atoms with Gasteiger partial charge in [0.15, 0.2) is 0 Å². The minimum absolute atomic E-state index is 0.105. The molecule has 0 radical (unpaired) electrons. The molecule has 1 fully saturated rings. The van der Waals surface area contributed by atoms with Crippen molar-refractivity contribution in [2.24, 2.45) is 10.4 Å². The highest BCUT2D eigenvalue weighted by atomic mass is 19.4. The molecule has 8 heteroatoms. The summed E-state index contributed by atoms with van der Waals surface area (Å²) in [5, 5.41) is 2.85. The first-order valence-corrected chi connectivity index (χ1v) is 12.9. The van der Waals surface area contributed by atoms with Crippen molar-refractivity contribution in [2.75, 3.05) is 13.1 Å². The third-order valence-electron chi connectivity index (χ3n) is 7.51. The van der Waals surface area contributed by atoms with Gasteiger partial charge in [-0.2, -0.15) is 13.2 Å². The van der Waals surface area contributed by atoms with E-state index in [-0.39, 0.29) is 28.5 Å². The number of carbonyl (C=O) groups is 2. The number of halogens is 3. The highest BCUT2D eigenvalue weighted by Gasteiger charge is 2.50. The van der Waals surface area contributed by atoms with Crippen molar-refractivity contribution in [1.82, 2.24) is 10.2 Å². The monoisotopic (exact) mass is 513 g/mol. The number of amides is 2. The molecule has 1 aliphatic carbocycles. The Kier molecular flexibility index (Phi) is 7.49. The molecule has 198 valence electrons. The summed E-state index contributed by atoms with van der Waals surface area (Å²) in [6.45, 7) is 7.38. The maximum atomic E-state index is 13.6. The van der Waals surface area contributed by atoms with Crippen LogP contribution < -0.4 is 5.32 Å². The minimum atomic E-state index is -4.50. The Morgan fingerprint density at radius 1 is 1.05 bits per heavy atom. The second-order valence-electron chi connectivity index (χ2n) is 10.8. The molecule has 0 unspecified atom stereocenters. The van der Waals surface area contributed by atoms with Gasteiger partial charge in [0.2, 0.25) is 0 Å². The van der Waals surface area contributed by atoms with Crippen LogP contribution in [0, 0.1) is 5.41 Å². The van der Waals surface area contributed by atoms with Crippen LogP contribution in [0.4, 0.5) is 13.2 Å². The molecule has 1 spiro atoms. The van der Waals surface area contributed by atoms with Gasteiger partial charge in [-0.25, -0.2) is 0 Å². The number of alkyl halides is 3. The first-order chi connectivity index (χ1) is 17.4. The van der Waals surface area contributed by atoms with Gasteiger partial charge in [0.1, 0.15) is 11.4 Å².